The number of nitrogens with zero attached hydrogens (tertiary/aromatic N) is 2. The average molecular weight is 403 g/mol. The molecule has 0 spiro atoms. The van der Waals surface area contributed by atoms with Crippen molar-refractivity contribution in [2.24, 2.45) is 0 Å². The zero-order valence-corrected chi connectivity index (χ0v) is 17.5. The topological polar surface area (TPSA) is 69.7 Å². The lowest BCUT2D eigenvalue weighted by Crippen LogP contribution is -2.34. The Morgan fingerprint density at radius 2 is 1.50 bits per heavy atom. The molecule has 0 aliphatic carbocycles. The number of anilines is 2. The van der Waals surface area contributed by atoms with Gasteiger partial charge in [-0.05, 0) is 67.6 Å². The van der Waals surface area contributed by atoms with Crippen LogP contribution >= 0.6 is 0 Å². The normalized spacial score (nSPS) is 16.6. The van der Waals surface area contributed by atoms with Crippen molar-refractivity contribution in [3.63, 3.8) is 0 Å². The second kappa shape index (κ2) is 7.78. The largest absolute Gasteiger partial charge is 0.366 e. The molecule has 30 heavy (non-hydrogen) atoms. The van der Waals surface area contributed by atoms with Crippen molar-refractivity contribution < 1.29 is 14.4 Å². The van der Waals surface area contributed by atoms with Crippen LogP contribution in [0.1, 0.15) is 36.5 Å². The summed E-state index contributed by atoms with van der Waals surface area (Å²) in [6.07, 6.45) is 2.01. The van der Waals surface area contributed by atoms with Crippen LogP contribution in [0, 0.1) is 13.8 Å². The van der Waals surface area contributed by atoms with E-state index < -0.39 is 0 Å². The molecule has 1 saturated heterocycles. The SMILES string of the molecule is CC(=O)Nc1ccc(C2=C(N3CCCC3)C(=O)N(c3cc(C)cc(C)c3)C2=O)cc1. The van der Waals surface area contributed by atoms with E-state index in [0.717, 1.165) is 37.1 Å². The fourth-order valence-electron chi connectivity index (χ4n) is 4.25. The predicted molar refractivity (Wildman–Crippen MR) is 117 cm³/mol. The molecule has 3 amide bonds. The van der Waals surface area contributed by atoms with Gasteiger partial charge in [-0.3, -0.25) is 14.4 Å². The minimum absolute atomic E-state index is 0.159. The zero-order valence-electron chi connectivity index (χ0n) is 17.5. The lowest BCUT2D eigenvalue weighted by Gasteiger charge is -2.20. The maximum absolute atomic E-state index is 13.5. The van der Waals surface area contributed by atoms with Crippen LogP contribution in [0.3, 0.4) is 0 Å². The molecule has 2 aromatic rings. The van der Waals surface area contributed by atoms with Crippen LogP contribution in [0.4, 0.5) is 11.4 Å². The van der Waals surface area contributed by atoms with E-state index in [9.17, 15) is 14.4 Å². The number of aryl methyl sites for hydroxylation is 2. The third-order valence-corrected chi connectivity index (χ3v) is 5.44. The molecule has 6 heteroatoms. The molecule has 2 aliphatic heterocycles. The molecule has 0 unspecified atom stereocenters. The molecule has 0 atom stereocenters. The van der Waals surface area contributed by atoms with E-state index in [1.54, 1.807) is 24.3 Å². The van der Waals surface area contributed by atoms with Gasteiger partial charge in [0.15, 0.2) is 0 Å². The molecule has 0 bridgehead atoms. The number of hydrogen-bond donors (Lipinski definition) is 1. The first-order valence-corrected chi connectivity index (χ1v) is 10.2. The standard InChI is InChI=1S/C24H25N3O3/c1-15-12-16(2)14-20(13-15)27-23(29)21(22(24(27)30)26-10-4-5-11-26)18-6-8-19(9-7-18)25-17(3)28/h6-9,12-14H,4-5,10-11H2,1-3H3,(H,25,28). The molecule has 2 heterocycles. The average Bonchev–Trinajstić information content (AvgIpc) is 3.27. The van der Waals surface area contributed by atoms with Crippen LogP contribution < -0.4 is 10.2 Å². The van der Waals surface area contributed by atoms with Gasteiger partial charge in [-0.2, -0.15) is 0 Å². The Labute approximate surface area is 176 Å². The minimum atomic E-state index is -0.306. The molecule has 0 radical (unpaired) electrons. The van der Waals surface area contributed by atoms with E-state index in [2.05, 4.69) is 5.32 Å². The zero-order chi connectivity index (χ0) is 21.4. The highest BCUT2D eigenvalue weighted by atomic mass is 16.2. The number of imide groups is 1. The van der Waals surface area contributed by atoms with Gasteiger partial charge in [0.05, 0.1) is 11.3 Å². The van der Waals surface area contributed by atoms with Crippen LogP contribution in [0.15, 0.2) is 48.2 Å². The van der Waals surface area contributed by atoms with Crippen LogP contribution in [0.2, 0.25) is 0 Å². The maximum atomic E-state index is 13.5. The Bertz CT molecular complexity index is 1040. The molecule has 0 saturated carbocycles. The summed E-state index contributed by atoms with van der Waals surface area (Å²) in [6, 6.07) is 12.8. The van der Waals surface area contributed by atoms with Crippen molar-refractivity contribution in [1.29, 1.82) is 0 Å². The molecular weight excluding hydrogens is 378 g/mol. The van der Waals surface area contributed by atoms with Gasteiger partial charge in [0.2, 0.25) is 5.91 Å². The first-order valence-electron chi connectivity index (χ1n) is 10.2. The van der Waals surface area contributed by atoms with E-state index in [0.29, 0.717) is 28.2 Å². The number of likely N-dealkylation sites (tertiary alicyclic amines) is 1. The molecule has 2 aliphatic rings. The first-order chi connectivity index (χ1) is 14.3. The molecule has 2 aromatic carbocycles. The van der Waals surface area contributed by atoms with Crippen molar-refractivity contribution in [2.75, 3.05) is 23.3 Å². The van der Waals surface area contributed by atoms with Gasteiger partial charge in [0.25, 0.3) is 11.8 Å². The summed E-state index contributed by atoms with van der Waals surface area (Å²) in [5.74, 6) is -0.736. The lowest BCUT2D eigenvalue weighted by atomic mass is 10.0. The van der Waals surface area contributed by atoms with Gasteiger partial charge in [-0.25, -0.2) is 4.90 Å². The van der Waals surface area contributed by atoms with Gasteiger partial charge >= 0.3 is 0 Å². The molecule has 0 aromatic heterocycles. The molecule has 1 fully saturated rings. The highest BCUT2D eigenvalue weighted by Crippen LogP contribution is 2.36. The Kier molecular flexibility index (Phi) is 5.16. The van der Waals surface area contributed by atoms with Crippen molar-refractivity contribution in [3.8, 4) is 0 Å². The second-order valence-electron chi connectivity index (χ2n) is 7.97. The third-order valence-electron chi connectivity index (χ3n) is 5.44. The summed E-state index contributed by atoms with van der Waals surface area (Å²) in [7, 11) is 0. The van der Waals surface area contributed by atoms with E-state index in [-0.39, 0.29) is 17.7 Å². The predicted octanol–water partition coefficient (Wildman–Crippen LogP) is 3.64. The fourth-order valence-corrected chi connectivity index (χ4v) is 4.25. The molecule has 1 N–H and O–H groups in total. The number of carbonyl (C=O) groups excluding carboxylic acids is 3. The molecule has 6 nitrogen and oxygen atoms in total. The number of benzene rings is 2. The van der Waals surface area contributed by atoms with Gasteiger partial charge in [0.1, 0.15) is 5.70 Å². The number of carbonyl (C=O) groups is 3. The summed E-state index contributed by atoms with van der Waals surface area (Å²) in [5.41, 5.74) is 4.83. The monoisotopic (exact) mass is 403 g/mol. The first kappa shape index (κ1) is 19.9. The number of amides is 3. The number of rotatable bonds is 4. The minimum Gasteiger partial charge on any atom is -0.366 e. The molecule has 4 rings (SSSR count). The third kappa shape index (κ3) is 3.61. The molecule has 154 valence electrons. The van der Waals surface area contributed by atoms with E-state index >= 15 is 0 Å². The highest BCUT2D eigenvalue weighted by molar-refractivity contribution is 6.45. The Hall–Kier alpha value is -3.41. The van der Waals surface area contributed by atoms with Crippen molar-refractivity contribution >= 4 is 34.7 Å². The van der Waals surface area contributed by atoms with Gasteiger partial charge in [-0.15, -0.1) is 0 Å². The van der Waals surface area contributed by atoms with Gasteiger partial charge in [-0.1, -0.05) is 18.2 Å². The van der Waals surface area contributed by atoms with Crippen molar-refractivity contribution in [3.05, 3.63) is 64.9 Å². The van der Waals surface area contributed by atoms with E-state index in [1.165, 1.54) is 11.8 Å². The summed E-state index contributed by atoms with van der Waals surface area (Å²) in [5, 5.41) is 2.73. The van der Waals surface area contributed by atoms with Crippen LogP contribution in [0.25, 0.3) is 5.57 Å². The van der Waals surface area contributed by atoms with Crippen molar-refractivity contribution in [2.45, 2.75) is 33.6 Å². The van der Waals surface area contributed by atoms with Crippen LogP contribution in [-0.2, 0) is 14.4 Å². The Morgan fingerprint density at radius 1 is 0.900 bits per heavy atom. The Morgan fingerprint density at radius 3 is 2.07 bits per heavy atom. The number of nitrogens with one attached hydrogen (secondary N) is 1. The van der Waals surface area contributed by atoms with Crippen LogP contribution in [-0.4, -0.2) is 35.7 Å². The smallest absolute Gasteiger partial charge is 0.282 e. The van der Waals surface area contributed by atoms with Crippen molar-refractivity contribution in [1.82, 2.24) is 4.90 Å². The van der Waals surface area contributed by atoms with Gasteiger partial charge < -0.3 is 10.2 Å². The maximum Gasteiger partial charge on any atom is 0.282 e. The van der Waals surface area contributed by atoms with Crippen LogP contribution in [0.5, 0.6) is 0 Å². The summed E-state index contributed by atoms with van der Waals surface area (Å²) in [4.78, 5) is 41.6. The van der Waals surface area contributed by atoms with E-state index in [4.69, 9.17) is 0 Å². The molecular formula is C24H25N3O3. The number of hydrogen-bond acceptors (Lipinski definition) is 4. The van der Waals surface area contributed by atoms with Gasteiger partial charge in [0, 0.05) is 25.7 Å². The fraction of sp³-hybridized carbons (Fsp3) is 0.292. The second-order valence-corrected chi connectivity index (χ2v) is 7.97. The quantitative estimate of drug-likeness (QED) is 0.792. The Balaban J connectivity index is 1.79. The summed E-state index contributed by atoms with van der Waals surface area (Å²) < 4.78 is 0. The van der Waals surface area contributed by atoms with E-state index in [1.807, 2.05) is 36.9 Å². The highest BCUT2D eigenvalue weighted by Gasteiger charge is 2.43. The summed E-state index contributed by atoms with van der Waals surface area (Å²) >= 11 is 0. The summed E-state index contributed by atoms with van der Waals surface area (Å²) in [6.45, 7) is 6.89. The lowest BCUT2D eigenvalue weighted by molar-refractivity contribution is -0.120.